The summed E-state index contributed by atoms with van der Waals surface area (Å²) in [6.45, 7) is 4.32. The first-order valence-corrected chi connectivity index (χ1v) is 11.5. The molecule has 0 spiro atoms. The van der Waals surface area contributed by atoms with Crippen LogP contribution < -0.4 is 11.1 Å². The van der Waals surface area contributed by atoms with Crippen molar-refractivity contribution >= 4 is 39.6 Å². The maximum atomic E-state index is 14.2. The number of aliphatic imine (C=N–C) groups is 1. The van der Waals surface area contributed by atoms with Crippen LogP contribution in [0.15, 0.2) is 84.0 Å². The minimum Gasteiger partial charge on any atom is -0.404 e. The zero-order valence-corrected chi connectivity index (χ0v) is 21.2. The summed E-state index contributed by atoms with van der Waals surface area (Å²) < 4.78 is 42.5. The summed E-state index contributed by atoms with van der Waals surface area (Å²) in [7, 11) is 3.80. The van der Waals surface area contributed by atoms with Crippen molar-refractivity contribution in [1.82, 2.24) is 29.9 Å². The van der Waals surface area contributed by atoms with E-state index in [9.17, 15) is 13.2 Å². The molecule has 9 nitrogen and oxygen atoms in total. The summed E-state index contributed by atoms with van der Waals surface area (Å²) in [5.74, 6) is 0.254. The number of aromatic nitrogens is 5. The fraction of sp³-hybridized carbons (Fsp3) is 0.160. The quantitative estimate of drug-likeness (QED) is 0.238. The van der Waals surface area contributed by atoms with Crippen molar-refractivity contribution < 1.29 is 13.2 Å². The van der Waals surface area contributed by atoms with Gasteiger partial charge in [0.15, 0.2) is 11.5 Å². The number of nitrogens with two attached hydrogens (primary N) is 1. The summed E-state index contributed by atoms with van der Waals surface area (Å²) in [6.07, 6.45) is 0.474. The van der Waals surface area contributed by atoms with E-state index in [4.69, 9.17) is 17.3 Å². The van der Waals surface area contributed by atoms with Crippen LogP contribution in [0.3, 0.4) is 0 Å². The van der Waals surface area contributed by atoms with Crippen molar-refractivity contribution in [3.63, 3.8) is 0 Å². The topological polar surface area (TPSA) is 110 Å². The van der Waals surface area contributed by atoms with Crippen LogP contribution in [0.5, 0.6) is 0 Å². The molecule has 3 N–H and O–H groups in total. The van der Waals surface area contributed by atoms with Gasteiger partial charge in [-0.05, 0) is 44.4 Å². The van der Waals surface area contributed by atoms with Crippen molar-refractivity contribution in [3.8, 4) is 5.82 Å². The molecule has 3 heterocycles. The predicted molar refractivity (Wildman–Crippen MR) is 141 cm³/mol. The highest BCUT2D eigenvalue weighted by Crippen LogP contribution is 2.32. The van der Waals surface area contributed by atoms with Crippen LogP contribution in [0.25, 0.3) is 16.7 Å². The first-order valence-electron chi connectivity index (χ1n) is 11.2. The third-order valence-corrected chi connectivity index (χ3v) is 5.47. The SMILES string of the molecule is C=C(Nc1cnc(-n2ncc(CN(C)C)n2)c(Cl)c1)C(=CN)C(=Nc1cccc2ncccc12)C(F)(F)F. The molecule has 4 rings (SSSR count). The molecule has 4 aromatic rings. The molecule has 0 aliphatic rings. The number of anilines is 1. The summed E-state index contributed by atoms with van der Waals surface area (Å²) in [5, 5.41) is 11.9. The number of hydrogen-bond acceptors (Lipinski definition) is 8. The van der Waals surface area contributed by atoms with E-state index in [0.717, 1.165) is 6.20 Å². The number of halogens is 4. The molecule has 0 saturated heterocycles. The third kappa shape index (κ3) is 5.98. The molecule has 0 bridgehead atoms. The molecule has 0 unspecified atom stereocenters. The number of nitrogens with one attached hydrogen (secondary N) is 1. The lowest BCUT2D eigenvalue weighted by Crippen LogP contribution is -2.27. The Morgan fingerprint density at radius 2 is 2.00 bits per heavy atom. The smallest absolute Gasteiger partial charge is 0.404 e. The molecule has 0 atom stereocenters. The molecule has 196 valence electrons. The van der Waals surface area contributed by atoms with Gasteiger partial charge in [-0.15, -0.1) is 4.80 Å². The Hall–Kier alpha value is -4.29. The largest absolute Gasteiger partial charge is 0.434 e. The first kappa shape index (κ1) is 26.8. The molecular weight excluding hydrogens is 519 g/mol. The fourth-order valence-corrected chi connectivity index (χ4v) is 3.83. The highest BCUT2D eigenvalue weighted by Gasteiger charge is 2.39. The molecular formula is C25H23ClF3N9. The summed E-state index contributed by atoms with van der Waals surface area (Å²) in [6, 6.07) is 9.46. The van der Waals surface area contributed by atoms with Crippen LogP contribution in [-0.4, -0.2) is 55.8 Å². The van der Waals surface area contributed by atoms with E-state index in [0.29, 0.717) is 23.1 Å². The normalized spacial score (nSPS) is 12.8. The van der Waals surface area contributed by atoms with E-state index in [2.05, 4.69) is 37.1 Å². The second-order valence-electron chi connectivity index (χ2n) is 8.38. The number of benzene rings is 1. The lowest BCUT2D eigenvalue weighted by Gasteiger charge is -2.18. The predicted octanol–water partition coefficient (Wildman–Crippen LogP) is 5.03. The number of nitrogens with zero attached hydrogens (tertiary/aromatic N) is 7. The molecule has 0 amide bonds. The molecule has 0 aliphatic heterocycles. The van der Waals surface area contributed by atoms with E-state index in [-0.39, 0.29) is 27.9 Å². The number of fused-ring (bicyclic) bond motifs is 1. The standard InChI is InChI=1S/C25H23ClF3N9/c1-15(34-16-10-20(26)24(32-12-16)38-33-13-17(36-38)14-37(2)3)19(11-30)23(25(27,28)29)35-22-8-4-7-21-18(22)6-5-9-31-21/h4-13,34H,1,14,30H2,2-3H3. The number of rotatable bonds is 8. The second-order valence-corrected chi connectivity index (χ2v) is 8.79. The second kappa shape index (κ2) is 11.0. The van der Waals surface area contributed by atoms with E-state index >= 15 is 0 Å². The maximum Gasteiger partial charge on any atom is 0.434 e. The van der Waals surface area contributed by atoms with Gasteiger partial charge in [-0.25, -0.2) is 9.98 Å². The van der Waals surface area contributed by atoms with E-state index in [1.165, 1.54) is 23.1 Å². The Morgan fingerprint density at radius 1 is 1.21 bits per heavy atom. The lowest BCUT2D eigenvalue weighted by atomic mass is 10.1. The van der Waals surface area contributed by atoms with Gasteiger partial charge in [0.2, 0.25) is 0 Å². The Morgan fingerprint density at radius 3 is 2.68 bits per heavy atom. The Kier molecular flexibility index (Phi) is 7.74. The maximum absolute atomic E-state index is 14.2. The van der Waals surface area contributed by atoms with E-state index in [1.807, 2.05) is 19.0 Å². The molecule has 0 aliphatic carbocycles. The van der Waals surface area contributed by atoms with E-state index < -0.39 is 17.5 Å². The van der Waals surface area contributed by atoms with Crippen LogP contribution in [-0.2, 0) is 6.54 Å². The van der Waals surface area contributed by atoms with Gasteiger partial charge in [0, 0.05) is 35.6 Å². The highest BCUT2D eigenvalue weighted by molar-refractivity contribution is 6.32. The van der Waals surface area contributed by atoms with Crippen molar-refractivity contribution in [1.29, 1.82) is 0 Å². The lowest BCUT2D eigenvalue weighted by molar-refractivity contribution is -0.0580. The van der Waals surface area contributed by atoms with Crippen molar-refractivity contribution in [2.75, 3.05) is 19.4 Å². The van der Waals surface area contributed by atoms with Gasteiger partial charge in [-0.2, -0.15) is 23.4 Å². The van der Waals surface area contributed by atoms with E-state index in [1.54, 1.807) is 36.7 Å². The van der Waals surface area contributed by atoms with Gasteiger partial charge in [0.1, 0.15) is 0 Å². The van der Waals surface area contributed by atoms with Gasteiger partial charge in [-0.3, -0.25) is 4.98 Å². The third-order valence-electron chi connectivity index (χ3n) is 5.19. The highest BCUT2D eigenvalue weighted by atomic mass is 35.5. The number of hydrogen-bond donors (Lipinski definition) is 2. The van der Waals surface area contributed by atoms with Gasteiger partial charge in [0.25, 0.3) is 0 Å². The van der Waals surface area contributed by atoms with Gasteiger partial charge in [-0.1, -0.05) is 24.2 Å². The van der Waals surface area contributed by atoms with Crippen LogP contribution in [0.1, 0.15) is 5.69 Å². The molecule has 0 fully saturated rings. The van der Waals surface area contributed by atoms with Gasteiger partial charge >= 0.3 is 6.18 Å². The minimum absolute atomic E-state index is 0.0875. The zero-order chi connectivity index (χ0) is 27.4. The zero-order valence-electron chi connectivity index (χ0n) is 20.4. The Balaban J connectivity index is 1.62. The number of pyridine rings is 2. The first-order chi connectivity index (χ1) is 18.1. The van der Waals surface area contributed by atoms with Gasteiger partial charge in [0.05, 0.1) is 40.0 Å². The monoisotopic (exact) mass is 541 g/mol. The van der Waals surface area contributed by atoms with Crippen molar-refractivity contribution in [2.45, 2.75) is 12.7 Å². The van der Waals surface area contributed by atoms with Crippen LogP contribution >= 0.6 is 11.6 Å². The Bertz CT molecular complexity index is 1540. The average Bonchev–Trinajstić information content (AvgIpc) is 3.31. The average molecular weight is 542 g/mol. The van der Waals surface area contributed by atoms with Crippen LogP contribution in [0, 0.1) is 0 Å². The number of allylic oxidation sites excluding steroid dienone is 1. The summed E-state index contributed by atoms with van der Waals surface area (Å²) in [5.41, 5.74) is 5.40. The fourth-order valence-electron chi connectivity index (χ4n) is 3.58. The molecule has 0 radical (unpaired) electrons. The van der Waals surface area contributed by atoms with Crippen molar-refractivity contribution in [2.24, 2.45) is 10.7 Å². The number of alkyl halides is 3. The Labute approximate surface area is 221 Å². The molecule has 38 heavy (non-hydrogen) atoms. The van der Waals surface area contributed by atoms with Crippen LogP contribution in [0.2, 0.25) is 5.02 Å². The summed E-state index contributed by atoms with van der Waals surface area (Å²) >= 11 is 6.38. The van der Waals surface area contributed by atoms with Crippen LogP contribution in [0.4, 0.5) is 24.5 Å². The molecule has 3 aromatic heterocycles. The van der Waals surface area contributed by atoms with Crippen molar-refractivity contribution in [3.05, 3.63) is 89.8 Å². The molecule has 1 aromatic carbocycles. The van der Waals surface area contributed by atoms with Gasteiger partial charge < -0.3 is 16.0 Å². The molecule has 13 heteroatoms. The minimum atomic E-state index is -4.84. The summed E-state index contributed by atoms with van der Waals surface area (Å²) in [4.78, 5) is 15.6. The molecule has 0 saturated carbocycles.